The van der Waals surface area contributed by atoms with E-state index >= 15 is 0 Å². The van der Waals surface area contributed by atoms with Crippen LogP contribution in [0.1, 0.15) is 35.5 Å². The smallest absolute Gasteiger partial charge is 0.255 e. The van der Waals surface area contributed by atoms with Gasteiger partial charge in [-0.05, 0) is 38.5 Å². The SMILES string of the molecule is Cc1ccc(C(C)(C)NC(=O)c2cc(F)c(F)c(F)c2F)cn1. The molecule has 2 aromatic rings. The van der Waals surface area contributed by atoms with Crippen molar-refractivity contribution in [1.82, 2.24) is 10.3 Å². The minimum Gasteiger partial charge on any atom is -0.343 e. The van der Waals surface area contributed by atoms with Gasteiger partial charge in [-0.1, -0.05) is 6.07 Å². The zero-order valence-electron chi connectivity index (χ0n) is 12.7. The van der Waals surface area contributed by atoms with Crippen molar-refractivity contribution in [2.24, 2.45) is 0 Å². The monoisotopic (exact) mass is 326 g/mol. The number of aromatic nitrogens is 1. The van der Waals surface area contributed by atoms with E-state index < -0.39 is 40.3 Å². The van der Waals surface area contributed by atoms with Crippen molar-refractivity contribution in [3.8, 4) is 0 Å². The van der Waals surface area contributed by atoms with E-state index in [9.17, 15) is 22.4 Å². The Labute approximate surface area is 130 Å². The van der Waals surface area contributed by atoms with Crippen molar-refractivity contribution in [3.05, 3.63) is 64.5 Å². The van der Waals surface area contributed by atoms with Crippen LogP contribution in [0.3, 0.4) is 0 Å². The molecule has 122 valence electrons. The third kappa shape index (κ3) is 3.33. The van der Waals surface area contributed by atoms with Crippen LogP contribution in [0.5, 0.6) is 0 Å². The summed E-state index contributed by atoms with van der Waals surface area (Å²) in [6, 6.07) is 3.76. The largest absolute Gasteiger partial charge is 0.343 e. The van der Waals surface area contributed by atoms with E-state index in [2.05, 4.69) is 10.3 Å². The lowest BCUT2D eigenvalue weighted by Gasteiger charge is -2.26. The number of carbonyl (C=O) groups is 1. The first-order valence-electron chi connectivity index (χ1n) is 6.72. The predicted octanol–water partition coefficient (Wildman–Crippen LogP) is 3.61. The molecule has 1 N–H and O–H groups in total. The molecule has 0 spiro atoms. The minimum absolute atomic E-state index is 0.326. The molecule has 0 saturated heterocycles. The molecule has 1 aromatic heterocycles. The molecule has 0 aliphatic rings. The minimum atomic E-state index is -2.02. The Hall–Kier alpha value is -2.44. The van der Waals surface area contributed by atoms with Crippen LogP contribution in [-0.4, -0.2) is 10.9 Å². The van der Waals surface area contributed by atoms with Crippen molar-refractivity contribution >= 4 is 5.91 Å². The summed E-state index contributed by atoms with van der Waals surface area (Å²) in [4.78, 5) is 16.2. The zero-order valence-corrected chi connectivity index (χ0v) is 12.7. The molecule has 0 aliphatic heterocycles. The summed E-state index contributed by atoms with van der Waals surface area (Å²) in [5.74, 6) is -8.42. The molecule has 1 amide bonds. The fourth-order valence-corrected chi connectivity index (χ4v) is 2.00. The third-order valence-corrected chi connectivity index (χ3v) is 3.41. The summed E-state index contributed by atoms with van der Waals surface area (Å²) in [5, 5.41) is 2.45. The second kappa shape index (κ2) is 5.98. The van der Waals surface area contributed by atoms with E-state index in [1.54, 1.807) is 32.9 Å². The van der Waals surface area contributed by atoms with Crippen LogP contribution < -0.4 is 5.32 Å². The molecule has 7 heteroatoms. The highest BCUT2D eigenvalue weighted by Gasteiger charge is 2.28. The average molecular weight is 326 g/mol. The number of hydrogen-bond acceptors (Lipinski definition) is 2. The molecule has 0 atom stereocenters. The Morgan fingerprint density at radius 2 is 1.74 bits per heavy atom. The molecular formula is C16H14F4N2O. The van der Waals surface area contributed by atoms with Gasteiger partial charge in [0.15, 0.2) is 23.3 Å². The van der Waals surface area contributed by atoms with Crippen LogP contribution >= 0.6 is 0 Å². The first kappa shape index (κ1) is 16.9. The maximum Gasteiger partial charge on any atom is 0.255 e. The van der Waals surface area contributed by atoms with E-state index in [-0.39, 0.29) is 0 Å². The first-order chi connectivity index (χ1) is 10.6. The van der Waals surface area contributed by atoms with Gasteiger partial charge in [-0.25, -0.2) is 17.6 Å². The number of benzene rings is 1. The van der Waals surface area contributed by atoms with Crippen molar-refractivity contribution < 1.29 is 22.4 Å². The maximum atomic E-state index is 13.7. The molecule has 0 unspecified atom stereocenters. The molecule has 0 saturated carbocycles. The van der Waals surface area contributed by atoms with Gasteiger partial charge in [0.2, 0.25) is 0 Å². The lowest BCUT2D eigenvalue weighted by molar-refractivity contribution is 0.0905. The summed E-state index contributed by atoms with van der Waals surface area (Å²) < 4.78 is 53.1. The number of halogens is 4. The zero-order chi connectivity index (χ0) is 17.4. The summed E-state index contributed by atoms with van der Waals surface area (Å²) in [5.41, 5.74) is -0.509. The second-order valence-corrected chi connectivity index (χ2v) is 5.62. The van der Waals surface area contributed by atoms with Gasteiger partial charge in [-0.2, -0.15) is 0 Å². The first-order valence-corrected chi connectivity index (χ1v) is 6.72. The highest BCUT2D eigenvalue weighted by atomic mass is 19.2. The summed E-state index contributed by atoms with van der Waals surface area (Å²) >= 11 is 0. The lowest BCUT2D eigenvalue weighted by atomic mass is 9.95. The van der Waals surface area contributed by atoms with Crippen molar-refractivity contribution in [2.75, 3.05) is 0 Å². The van der Waals surface area contributed by atoms with Crippen LogP contribution in [0, 0.1) is 30.2 Å². The van der Waals surface area contributed by atoms with Gasteiger partial charge in [-0.3, -0.25) is 9.78 Å². The average Bonchev–Trinajstić information content (AvgIpc) is 2.48. The maximum absolute atomic E-state index is 13.7. The van der Waals surface area contributed by atoms with E-state index in [0.29, 0.717) is 11.6 Å². The van der Waals surface area contributed by atoms with E-state index in [0.717, 1.165) is 5.69 Å². The van der Waals surface area contributed by atoms with Crippen LogP contribution in [0.25, 0.3) is 0 Å². The number of amides is 1. The standard InChI is InChI=1S/C16H14F4N2O/c1-8-4-5-9(7-21-8)16(2,3)22-15(23)10-6-11(17)13(19)14(20)12(10)18/h4-7H,1-3H3,(H,22,23). The number of hydrogen-bond donors (Lipinski definition) is 1. The quantitative estimate of drug-likeness (QED) is 0.532. The van der Waals surface area contributed by atoms with Gasteiger partial charge >= 0.3 is 0 Å². The van der Waals surface area contributed by atoms with E-state index in [1.807, 2.05) is 0 Å². The molecular weight excluding hydrogens is 312 g/mol. The van der Waals surface area contributed by atoms with E-state index in [4.69, 9.17) is 0 Å². The third-order valence-electron chi connectivity index (χ3n) is 3.41. The highest BCUT2D eigenvalue weighted by molar-refractivity contribution is 5.95. The molecule has 0 fully saturated rings. The van der Waals surface area contributed by atoms with Crippen LogP contribution in [0.4, 0.5) is 17.6 Å². The normalized spacial score (nSPS) is 11.4. The Morgan fingerprint density at radius 3 is 2.30 bits per heavy atom. The topological polar surface area (TPSA) is 42.0 Å². The van der Waals surface area contributed by atoms with Gasteiger partial charge in [0.25, 0.3) is 5.91 Å². The van der Waals surface area contributed by atoms with Crippen molar-refractivity contribution in [1.29, 1.82) is 0 Å². The van der Waals surface area contributed by atoms with Crippen molar-refractivity contribution in [2.45, 2.75) is 26.3 Å². The Balaban J connectivity index is 2.33. The molecule has 0 radical (unpaired) electrons. The molecule has 23 heavy (non-hydrogen) atoms. The van der Waals surface area contributed by atoms with Gasteiger partial charge < -0.3 is 5.32 Å². The summed E-state index contributed by atoms with van der Waals surface area (Å²) in [7, 11) is 0. The summed E-state index contributed by atoms with van der Waals surface area (Å²) in [6.45, 7) is 5.02. The number of nitrogens with one attached hydrogen (secondary N) is 1. The van der Waals surface area contributed by atoms with Crippen molar-refractivity contribution in [3.63, 3.8) is 0 Å². The van der Waals surface area contributed by atoms with Gasteiger partial charge in [0, 0.05) is 11.9 Å². The molecule has 2 rings (SSSR count). The molecule has 1 heterocycles. The van der Waals surface area contributed by atoms with Gasteiger partial charge in [0.05, 0.1) is 11.1 Å². The fraction of sp³-hybridized carbons (Fsp3) is 0.250. The number of nitrogens with zero attached hydrogens (tertiary/aromatic N) is 1. The van der Waals surface area contributed by atoms with Crippen LogP contribution in [0.2, 0.25) is 0 Å². The van der Waals surface area contributed by atoms with Gasteiger partial charge in [-0.15, -0.1) is 0 Å². The number of aryl methyl sites for hydroxylation is 1. The Kier molecular flexibility index (Phi) is 4.40. The predicted molar refractivity (Wildman–Crippen MR) is 75.7 cm³/mol. The summed E-state index contributed by atoms with van der Waals surface area (Å²) in [6.07, 6.45) is 1.53. The Morgan fingerprint density at radius 1 is 1.09 bits per heavy atom. The van der Waals surface area contributed by atoms with E-state index in [1.165, 1.54) is 6.20 Å². The second-order valence-electron chi connectivity index (χ2n) is 5.62. The lowest BCUT2D eigenvalue weighted by Crippen LogP contribution is -2.41. The highest BCUT2D eigenvalue weighted by Crippen LogP contribution is 2.23. The molecule has 3 nitrogen and oxygen atoms in total. The van der Waals surface area contributed by atoms with Gasteiger partial charge in [0.1, 0.15) is 0 Å². The molecule has 0 aliphatic carbocycles. The van der Waals surface area contributed by atoms with Crippen LogP contribution in [-0.2, 0) is 5.54 Å². The fourth-order valence-electron chi connectivity index (χ4n) is 2.00. The molecule has 1 aromatic carbocycles. The number of pyridine rings is 1. The number of rotatable bonds is 3. The van der Waals surface area contributed by atoms with Crippen LogP contribution in [0.15, 0.2) is 24.4 Å². The number of carbonyl (C=O) groups excluding carboxylic acids is 1. The molecule has 0 bridgehead atoms. The Bertz CT molecular complexity index is 758.